The molecule has 0 amide bonds. The maximum absolute atomic E-state index is 5.74. The van der Waals surface area contributed by atoms with E-state index in [1.807, 2.05) is 12.1 Å². The van der Waals surface area contributed by atoms with Crippen molar-refractivity contribution in [3.63, 3.8) is 0 Å². The minimum atomic E-state index is 0.569. The molecule has 1 heterocycles. The second-order valence-electron chi connectivity index (χ2n) is 4.72. The van der Waals surface area contributed by atoms with E-state index < -0.39 is 0 Å². The van der Waals surface area contributed by atoms with Gasteiger partial charge in [0.15, 0.2) is 11.5 Å². The molecular formula is C14H22N2O3. The molecule has 0 aliphatic carbocycles. The van der Waals surface area contributed by atoms with E-state index in [2.05, 4.69) is 4.90 Å². The van der Waals surface area contributed by atoms with E-state index in [1.54, 1.807) is 21.3 Å². The van der Waals surface area contributed by atoms with Crippen LogP contribution in [0.2, 0.25) is 0 Å². The Morgan fingerprint density at radius 1 is 1.16 bits per heavy atom. The van der Waals surface area contributed by atoms with Crippen molar-refractivity contribution in [1.82, 2.24) is 0 Å². The number of rotatable bonds is 5. The van der Waals surface area contributed by atoms with Crippen molar-refractivity contribution in [3.8, 4) is 17.2 Å². The van der Waals surface area contributed by atoms with Gasteiger partial charge in [-0.15, -0.1) is 0 Å². The maximum atomic E-state index is 5.74. The predicted molar refractivity (Wildman–Crippen MR) is 75.5 cm³/mol. The highest BCUT2D eigenvalue weighted by Crippen LogP contribution is 2.41. The Bertz CT molecular complexity index is 412. The molecule has 19 heavy (non-hydrogen) atoms. The second-order valence-corrected chi connectivity index (χ2v) is 4.72. The quantitative estimate of drug-likeness (QED) is 0.875. The summed E-state index contributed by atoms with van der Waals surface area (Å²) in [6.07, 6.45) is 1.13. The number of hydrogen-bond donors (Lipinski definition) is 1. The molecule has 106 valence electrons. The van der Waals surface area contributed by atoms with Crippen molar-refractivity contribution in [3.05, 3.63) is 12.1 Å². The predicted octanol–water partition coefficient (Wildman–Crippen LogP) is 1.50. The molecule has 0 saturated carbocycles. The Labute approximate surface area is 114 Å². The zero-order chi connectivity index (χ0) is 13.8. The molecule has 0 radical (unpaired) electrons. The van der Waals surface area contributed by atoms with Crippen molar-refractivity contribution in [2.75, 3.05) is 45.9 Å². The standard InChI is InChI=1S/C14H22N2O3/c1-17-12-6-11(7-13(18-2)14(12)19-3)16-5-4-10(8-15)9-16/h6-7,10H,4-5,8-9,15H2,1-3H3. The number of nitrogens with two attached hydrogens (primary N) is 1. The van der Waals surface area contributed by atoms with Crippen molar-refractivity contribution in [1.29, 1.82) is 0 Å². The van der Waals surface area contributed by atoms with E-state index in [0.717, 1.165) is 31.7 Å². The molecule has 1 aromatic rings. The zero-order valence-corrected chi connectivity index (χ0v) is 11.8. The first-order valence-electron chi connectivity index (χ1n) is 6.48. The summed E-state index contributed by atoms with van der Waals surface area (Å²) in [5.41, 5.74) is 6.82. The number of nitrogens with zero attached hydrogens (tertiary/aromatic N) is 1. The smallest absolute Gasteiger partial charge is 0.203 e. The SMILES string of the molecule is COc1cc(N2CCC(CN)C2)cc(OC)c1OC. The third kappa shape index (κ3) is 2.71. The molecular weight excluding hydrogens is 244 g/mol. The summed E-state index contributed by atoms with van der Waals surface area (Å²) in [6, 6.07) is 3.97. The molecule has 0 bridgehead atoms. The summed E-state index contributed by atoms with van der Waals surface area (Å²) < 4.78 is 16.1. The van der Waals surface area contributed by atoms with Crippen molar-refractivity contribution in [2.45, 2.75) is 6.42 Å². The minimum absolute atomic E-state index is 0.569. The molecule has 1 fully saturated rings. The number of anilines is 1. The van der Waals surface area contributed by atoms with Gasteiger partial charge in [0.25, 0.3) is 0 Å². The highest BCUT2D eigenvalue weighted by atomic mass is 16.5. The van der Waals surface area contributed by atoms with Gasteiger partial charge in [-0.3, -0.25) is 0 Å². The molecule has 0 spiro atoms. The van der Waals surface area contributed by atoms with Crippen LogP contribution in [0.3, 0.4) is 0 Å². The monoisotopic (exact) mass is 266 g/mol. The third-order valence-corrected chi connectivity index (χ3v) is 3.63. The van der Waals surface area contributed by atoms with Crippen molar-refractivity contribution >= 4 is 5.69 Å². The largest absolute Gasteiger partial charge is 0.493 e. The molecule has 0 aromatic heterocycles. The highest BCUT2D eigenvalue weighted by Gasteiger charge is 2.23. The maximum Gasteiger partial charge on any atom is 0.203 e. The molecule has 1 aliphatic rings. The summed E-state index contributed by atoms with van der Waals surface area (Å²) in [6.45, 7) is 2.73. The van der Waals surface area contributed by atoms with E-state index in [4.69, 9.17) is 19.9 Å². The van der Waals surface area contributed by atoms with E-state index in [-0.39, 0.29) is 0 Å². The molecule has 2 rings (SSSR count). The van der Waals surface area contributed by atoms with Gasteiger partial charge in [0, 0.05) is 30.9 Å². The van der Waals surface area contributed by atoms with E-state index in [9.17, 15) is 0 Å². The topological polar surface area (TPSA) is 57.0 Å². The van der Waals surface area contributed by atoms with E-state index in [1.165, 1.54) is 0 Å². The Hall–Kier alpha value is -1.62. The first-order chi connectivity index (χ1) is 9.23. The van der Waals surface area contributed by atoms with Crippen molar-refractivity contribution in [2.24, 2.45) is 11.7 Å². The Kier molecular flexibility index (Phi) is 4.37. The summed E-state index contributed by atoms with van der Waals surface area (Å²) in [5.74, 6) is 2.57. The van der Waals surface area contributed by atoms with Crippen molar-refractivity contribution < 1.29 is 14.2 Å². The highest BCUT2D eigenvalue weighted by molar-refractivity contribution is 5.64. The lowest BCUT2D eigenvalue weighted by Crippen LogP contribution is -2.22. The van der Waals surface area contributed by atoms with E-state index >= 15 is 0 Å². The van der Waals surface area contributed by atoms with Gasteiger partial charge < -0.3 is 24.8 Å². The van der Waals surface area contributed by atoms with Gasteiger partial charge in [-0.25, -0.2) is 0 Å². The summed E-state index contributed by atoms with van der Waals surface area (Å²) >= 11 is 0. The Morgan fingerprint density at radius 2 is 1.79 bits per heavy atom. The van der Waals surface area contributed by atoms with Gasteiger partial charge >= 0.3 is 0 Å². The van der Waals surface area contributed by atoms with Gasteiger partial charge in [-0.05, 0) is 18.9 Å². The first-order valence-corrected chi connectivity index (χ1v) is 6.48. The van der Waals surface area contributed by atoms with Crippen LogP contribution in [0.25, 0.3) is 0 Å². The van der Waals surface area contributed by atoms with Crippen LogP contribution in [0.1, 0.15) is 6.42 Å². The Morgan fingerprint density at radius 3 is 2.21 bits per heavy atom. The van der Waals surface area contributed by atoms with Crippen LogP contribution >= 0.6 is 0 Å². The number of methoxy groups -OCH3 is 3. The number of hydrogen-bond acceptors (Lipinski definition) is 5. The van der Waals surface area contributed by atoms with Gasteiger partial charge in [0.1, 0.15) is 0 Å². The lowest BCUT2D eigenvalue weighted by molar-refractivity contribution is 0.324. The fourth-order valence-corrected chi connectivity index (χ4v) is 2.51. The van der Waals surface area contributed by atoms with Crippen LogP contribution in [-0.2, 0) is 0 Å². The fourth-order valence-electron chi connectivity index (χ4n) is 2.51. The van der Waals surface area contributed by atoms with Gasteiger partial charge in [0.2, 0.25) is 5.75 Å². The lowest BCUT2D eigenvalue weighted by atomic mass is 10.1. The number of ether oxygens (including phenoxy) is 3. The van der Waals surface area contributed by atoms with E-state index in [0.29, 0.717) is 23.2 Å². The van der Waals surface area contributed by atoms with Crippen LogP contribution in [0.4, 0.5) is 5.69 Å². The molecule has 2 N–H and O–H groups in total. The normalized spacial score (nSPS) is 18.5. The van der Waals surface area contributed by atoms with Gasteiger partial charge in [-0.2, -0.15) is 0 Å². The van der Waals surface area contributed by atoms with Crippen LogP contribution in [-0.4, -0.2) is 41.0 Å². The summed E-state index contributed by atoms with van der Waals surface area (Å²) in [5, 5.41) is 0. The second kappa shape index (κ2) is 6.02. The zero-order valence-electron chi connectivity index (χ0n) is 11.8. The molecule has 1 unspecified atom stereocenters. The summed E-state index contributed by atoms with van der Waals surface area (Å²) in [4.78, 5) is 2.31. The van der Waals surface area contributed by atoms with Crippen LogP contribution in [0.5, 0.6) is 17.2 Å². The lowest BCUT2D eigenvalue weighted by Gasteiger charge is -2.21. The molecule has 1 aromatic carbocycles. The van der Waals surface area contributed by atoms with Gasteiger partial charge in [-0.1, -0.05) is 0 Å². The third-order valence-electron chi connectivity index (χ3n) is 3.63. The molecule has 5 heteroatoms. The first kappa shape index (κ1) is 13.8. The van der Waals surface area contributed by atoms with Crippen LogP contribution < -0.4 is 24.8 Å². The fraction of sp³-hybridized carbons (Fsp3) is 0.571. The number of benzene rings is 1. The van der Waals surface area contributed by atoms with Gasteiger partial charge in [0.05, 0.1) is 21.3 Å². The minimum Gasteiger partial charge on any atom is -0.493 e. The summed E-state index contributed by atoms with van der Waals surface area (Å²) in [7, 11) is 4.88. The van der Waals surface area contributed by atoms with Crippen LogP contribution in [0, 0.1) is 5.92 Å². The average Bonchev–Trinajstić information content (AvgIpc) is 2.94. The molecule has 1 atom stereocenters. The average molecular weight is 266 g/mol. The van der Waals surface area contributed by atoms with Crippen LogP contribution in [0.15, 0.2) is 12.1 Å². The molecule has 5 nitrogen and oxygen atoms in total. The Balaban J connectivity index is 2.31. The molecule has 1 saturated heterocycles. The molecule has 1 aliphatic heterocycles.